The van der Waals surface area contributed by atoms with Crippen LogP contribution in [0.4, 0.5) is 0 Å². The van der Waals surface area contributed by atoms with Crippen molar-refractivity contribution in [2.24, 2.45) is 0 Å². The molecule has 0 fully saturated rings. The zero-order valence-corrected chi connectivity index (χ0v) is 9.02. The predicted molar refractivity (Wildman–Crippen MR) is 54.3 cm³/mol. The van der Waals surface area contributed by atoms with Gasteiger partial charge in [0.2, 0.25) is 0 Å². The van der Waals surface area contributed by atoms with Gasteiger partial charge in [-0.3, -0.25) is 0 Å². The fourth-order valence-electron chi connectivity index (χ4n) is 0.873. The van der Waals surface area contributed by atoms with Crippen LogP contribution in [0.25, 0.3) is 0 Å². The summed E-state index contributed by atoms with van der Waals surface area (Å²) in [6, 6.07) is 3.24. The van der Waals surface area contributed by atoms with Gasteiger partial charge in [0.15, 0.2) is 6.10 Å². The quantitative estimate of drug-likeness (QED) is 0.633. The summed E-state index contributed by atoms with van der Waals surface area (Å²) in [4.78, 5) is 14.5. The molecule has 13 heavy (non-hydrogen) atoms. The Balaban J connectivity index is 3.08. The third-order valence-corrected chi connectivity index (χ3v) is 2.41. The fraction of sp³-hybridized carbons (Fsp3) is 0.250. The lowest BCUT2D eigenvalue weighted by Gasteiger charge is -2.07. The number of nitrogens with zero attached hydrogens (tertiary/aromatic N) is 1. The van der Waals surface area contributed by atoms with Crippen LogP contribution in [0.3, 0.4) is 0 Å². The highest BCUT2D eigenvalue weighted by Crippen LogP contribution is 2.18. The van der Waals surface area contributed by atoms with Gasteiger partial charge >= 0.3 is 5.97 Å². The van der Waals surface area contributed by atoms with Crippen LogP contribution < -0.4 is 0 Å². The summed E-state index contributed by atoms with van der Waals surface area (Å²) in [6.07, 6.45) is -1.49. The lowest BCUT2D eigenvalue weighted by molar-refractivity contribution is -0.147. The van der Waals surface area contributed by atoms with E-state index in [1.165, 1.54) is 0 Å². The van der Waals surface area contributed by atoms with Gasteiger partial charge in [0, 0.05) is 11.3 Å². The zero-order chi connectivity index (χ0) is 10.0. The van der Waals surface area contributed by atoms with Gasteiger partial charge in [-0.25, -0.2) is 9.78 Å². The van der Waals surface area contributed by atoms with E-state index >= 15 is 0 Å². The number of hydrogen-bond acceptors (Lipinski definition) is 3. The molecule has 1 aromatic rings. The van der Waals surface area contributed by atoms with E-state index in [2.05, 4.69) is 4.98 Å². The van der Waals surface area contributed by atoms with Crippen LogP contribution in [0.15, 0.2) is 12.1 Å². The Morgan fingerprint density at radius 3 is 2.69 bits per heavy atom. The van der Waals surface area contributed by atoms with Gasteiger partial charge in [0.1, 0.15) is 3.70 Å². The second kappa shape index (κ2) is 4.01. The highest BCUT2D eigenvalue weighted by atomic mass is 127. The minimum absolute atomic E-state index is 0.332. The number of aliphatic hydroxyl groups is 1. The molecule has 1 heterocycles. The standard InChI is InChI=1S/C8H8INO3/c1-4-2-3-5(7(9)10-4)6(11)8(12)13/h2-3,6,11H,1H3,(H,12,13). The molecule has 0 saturated carbocycles. The topological polar surface area (TPSA) is 70.4 Å². The van der Waals surface area contributed by atoms with Crippen molar-refractivity contribution in [3.63, 3.8) is 0 Å². The van der Waals surface area contributed by atoms with Crippen molar-refractivity contribution < 1.29 is 15.0 Å². The Bertz CT molecular complexity index is 340. The van der Waals surface area contributed by atoms with Crippen molar-refractivity contribution in [1.29, 1.82) is 0 Å². The predicted octanol–water partition coefficient (Wildman–Crippen LogP) is 1.11. The molecule has 0 radical (unpaired) electrons. The molecule has 4 nitrogen and oxygen atoms in total. The molecular weight excluding hydrogens is 285 g/mol. The van der Waals surface area contributed by atoms with Crippen LogP contribution in [0.5, 0.6) is 0 Å². The van der Waals surface area contributed by atoms with Crippen LogP contribution >= 0.6 is 22.6 Å². The first-order valence-corrected chi connectivity index (χ1v) is 4.64. The van der Waals surface area contributed by atoms with Gasteiger partial charge < -0.3 is 10.2 Å². The maximum absolute atomic E-state index is 10.5. The van der Waals surface area contributed by atoms with E-state index in [0.717, 1.165) is 5.69 Å². The molecule has 2 N–H and O–H groups in total. The molecule has 1 rings (SSSR count). The summed E-state index contributed by atoms with van der Waals surface area (Å²) in [5.74, 6) is -1.26. The Kier molecular flexibility index (Phi) is 3.21. The summed E-state index contributed by atoms with van der Waals surface area (Å²) in [5.41, 5.74) is 1.13. The first kappa shape index (κ1) is 10.4. The average Bonchev–Trinajstić information content (AvgIpc) is 2.03. The number of hydrogen-bond donors (Lipinski definition) is 2. The fourth-order valence-corrected chi connectivity index (χ4v) is 1.73. The van der Waals surface area contributed by atoms with Crippen LogP contribution in [-0.4, -0.2) is 21.2 Å². The molecule has 0 aliphatic rings. The minimum Gasteiger partial charge on any atom is -0.479 e. The van der Waals surface area contributed by atoms with Gasteiger partial charge in [-0.15, -0.1) is 0 Å². The van der Waals surface area contributed by atoms with E-state index in [1.807, 2.05) is 22.6 Å². The van der Waals surface area contributed by atoms with Crippen molar-refractivity contribution >= 4 is 28.6 Å². The number of pyridine rings is 1. The van der Waals surface area contributed by atoms with Crippen molar-refractivity contribution in [2.45, 2.75) is 13.0 Å². The lowest BCUT2D eigenvalue weighted by Crippen LogP contribution is -2.12. The summed E-state index contributed by atoms with van der Waals surface area (Å²) >= 11 is 1.90. The number of carboxylic acid groups (broad SMARTS) is 1. The molecule has 70 valence electrons. The molecule has 0 aliphatic carbocycles. The summed E-state index contributed by atoms with van der Waals surface area (Å²) in [5, 5.41) is 17.8. The number of carbonyl (C=O) groups is 1. The van der Waals surface area contributed by atoms with E-state index in [4.69, 9.17) is 5.11 Å². The van der Waals surface area contributed by atoms with Crippen molar-refractivity contribution in [1.82, 2.24) is 4.98 Å². The molecule has 0 bridgehead atoms. The number of aliphatic hydroxyl groups excluding tert-OH is 1. The molecular formula is C8H8INO3. The second-order valence-corrected chi connectivity index (χ2v) is 3.60. The molecule has 0 saturated heterocycles. The van der Waals surface area contributed by atoms with E-state index in [9.17, 15) is 9.90 Å². The lowest BCUT2D eigenvalue weighted by atomic mass is 10.1. The maximum Gasteiger partial charge on any atom is 0.337 e. The van der Waals surface area contributed by atoms with E-state index in [-0.39, 0.29) is 0 Å². The Morgan fingerprint density at radius 2 is 2.23 bits per heavy atom. The third kappa shape index (κ3) is 2.38. The highest BCUT2D eigenvalue weighted by molar-refractivity contribution is 14.1. The van der Waals surface area contributed by atoms with E-state index in [1.54, 1.807) is 19.1 Å². The van der Waals surface area contributed by atoms with E-state index in [0.29, 0.717) is 9.26 Å². The van der Waals surface area contributed by atoms with Gasteiger partial charge in [0.25, 0.3) is 0 Å². The minimum atomic E-state index is -1.49. The van der Waals surface area contributed by atoms with E-state index < -0.39 is 12.1 Å². The number of aromatic nitrogens is 1. The number of rotatable bonds is 2. The SMILES string of the molecule is Cc1ccc(C(O)C(=O)O)c(I)n1. The van der Waals surface area contributed by atoms with Crippen LogP contribution in [0.1, 0.15) is 17.4 Å². The summed E-state index contributed by atoms with van der Waals surface area (Å²) in [6.45, 7) is 1.80. The third-order valence-electron chi connectivity index (χ3n) is 1.55. The number of aryl methyl sites for hydroxylation is 1. The maximum atomic E-state index is 10.5. The van der Waals surface area contributed by atoms with Gasteiger partial charge in [-0.1, -0.05) is 6.07 Å². The first-order valence-electron chi connectivity index (χ1n) is 3.56. The van der Waals surface area contributed by atoms with Gasteiger partial charge in [-0.2, -0.15) is 0 Å². The Morgan fingerprint density at radius 1 is 1.62 bits per heavy atom. The number of carboxylic acids is 1. The molecule has 1 atom stereocenters. The molecule has 0 amide bonds. The highest BCUT2D eigenvalue weighted by Gasteiger charge is 2.18. The number of aliphatic carboxylic acids is 1. The van der Waals surface area contributed by atoms with Crippen molar-refractivity contribution in [3.8, 4) is 0 Å². The summed E-state index contributed by atoms with van der Waals surface area (Å²) < 4.78 is 0.521. The molecule has 0 spiro atoms. The van der Waals surface area contributed by atoms with Crippen LogP contribution in [0.2, 0.25) is 0 Å². The second-order valence-electron chi connectivity index (χ2n) is 2.57. The molecule has 0 aromatic carbocycles. The van der Waals surface area contributed by atoms with Crippen molar-refractivity contribution in [2.75, 3.05) is 0 Å². The average molecular weight is 293 g/mol. The summed E-state index contributed by atoms with van der Waals surface area (Å²) in [7, 11) is 0. The smallest absolute Gasteiger partial charge is 0.337 e. The van der Waals surface area contributed by atoms with Gasteiger partial charge in [0.05, 0.1) is 0 Å². The van der Waals surface area contributed by atoms with Crippen LogP contribution in [0, 0.1) is 10.6 Å². The first-order chi connectivity index (χ1) is 6.02. The Hall–Kier alpha value is -0.690. The molecule has 0 aliphatic heterocycles. The molecule has 1 unspecified atom stereocenters. The zero-order valence-electron chi connectivity index (χ0n) is 6.86. The largest absolute Gasteiger partial charge is 0.479 e. The Labute approximate surface area is 88.8 Å². The number of halogens is 1. The molecule has 5 heteroatoms. The van der Waals surface area contributed by atoms with Crippen LogP contribution in [-0.2, 0) is 4.79 Å². The van der Waals surface area contributed by atoms with Crippen molar-refractivity contribution in [3.05, 3.63) is 27.1 Å². The monoisotopic (exact) mass is 293 g/mol. The molecule has 1 aromatic heterocycles. The van der Waals surface area contributed by atoms with Gasteiger partial charge in [-0.05, 0) is 35.6 Å². The normalized spacial score (nSPS) is 12.5.